The first kappa shape index (κ1) is 21.7. The van der Waals surface area contributed by atoms with Crippen LogP contribution in [-0.2, 0) is 21.4 Å². The Hall–Kier alpha value is -3.52. The van der Waals surface area contributed by atoms with E-state index in [9.17, 15) is 13.2 Å². The van der Waals surface area contributed by atoms with Crippen molar-refractivity contribution >= 4 is 21.6 Å². The number of rotatable bonds is 7. The highest BCUT2D eigenvalue weighted by Gasteiger charge is 2.37. The topological polar surface area (TPSA) is 84.9 Å². The molecule has 0 aromatic heterocycles. The normalized spacial score (nSPS) is 15.4. The lowest BCUT2D eigenvalue weighted by atomic mass is 10.2. The molecule has 166 valence electrons. The van der Waals surface area contributed by atoms with Crippen LogP contribution in [0.25, 0.3) is 0 Å². The predicted molar refractivity (Wildman–Crippen MR) is 121 cm³/mol. The van der Waals surface area contributed by atoms with E-state index in [1.165, 1.54) is 16.4 Å². The Labute approximate surface area is 187 Å². The average Bonchev–Trinajstić information content (AvgIpc) is 2.83. The van der Waals surface area contributed by atoms with Crippen molar-refractivity contribution in [1.82, 2.24) is 5.32 Å². The summed E-state index contributed by atoms with van der Waals surface area (Å²) in [4.78, 5) is 13.1. The SMILES string of the molecule is CCOc1cccc(CNC(=O)[C@@H]2CN(S(=O)(=O)c3ccccc3)c3ccccc3O2)c1. The molecule has 32 heavy (non-hydrogen) atoms. The molecule has 1 amide bonds. The Morgan fingerprint density at radius 2 is 1.81 bits per heavy atom. The summed E-state index contributed by atoms with van der Waals surface area (Å²) < 4.78 is 39.2. The molecule has 7 nitrogen and oxygen atoms in total. The van der Waals surface area contributed by atoms with Gasteiger partial charge in [-0.25, -0.2) is 8.42 Å². The Morgan fingerprint density at radius 1 is 1.06 bits per heavy atom. The van der Waals surface area contributed by atoms with Crippen molar-refractivity contribution in [3.63, 3.8) is 0 Å². The van der Waals surface area contributed by atoms with Crippen LogP contribution in [0, 0.1) is 0 Å². The fraction of sp³-hybridized carbons (Fsp3) is 0.208. The van der Waals surface area contributed by atoms with Gasteiger partial charge in [0.05, 0.1) is 23.7 Å². The van der Waals surface area contributed by atoms with E-state index in [0.29, 0.717) is 18.0 Å². The molecule has 1 N–H and O–H groups in total. The van der Waals surface area contributed by atoms with E-state index < -0.39 is 22.0 Å². The number of sulfonamides is 1. The first-order valence-electron chi connectivity index (χ1n) is 10.3. The molecule has 0 aliphatic carbocycles. The van der Waals surface area contributed by atoms with Gasteiger partial charge < -0.3 is 14.8 Å². The first-order valence-corrected chi connectivity index (χ1v) is 11.8. The third-order valence-electron chi connectivity index (χ3n) is 5.03. The molecular formula is C24H24N2O5S. The van der Waals surface area contributed by atoms with Crippen LogP contribution in [0.2, 0.25) is 0 Å². The number of nitrogens with one attached hydrogen (secondary N) is 1. The van der Waals surface area contributed by atoms with E-state index in [1.807, 2.05) is 31.2 Å². The van der Waals surface area contributed by atoms with Crippen molar-refractivity contribution in [2.45, 2.75) is 24.5 Å². The number of carbonyl (C=O) groups is 1. The zero-order valence-corrected chi connectivity index (χ0v) is 18.4. The van der Waals surface area contributed by atoms with Crippen molar-refractivity contribution in [1.29, 1.82) is 0 Å². The highest BCUT2D eigenvalue weighted by atomic mass is 32.2. The third-order valence-corrected chi connectivity index (χ3v) is 6.83. The molecule has 1 atom stereocenters. The summed E-state index contributed by atoms with van der Waals surface area (Å²) in [7, 11) is -3.86. The molecule has 1 aliphatic rings. The van der Waals surface area contributed by atoms with Gasteiger partial charge in [0.25, 0.3) is 15.9 Å². The fourth-order valence-corrected chi connectivity index (χ4v) is 5.00. The monoisotopic (exact) mass is 452 g/mol. The van der Waals surface area contributed by atoms with Gasteiger partial charge in [0, 0.05) is 6.54 Å². The van der Waals surface area contributed by atoms with E-state index in [0.717, 1.165) is 11.3 Å². The summed E-state index contributed by atoms with van der Waals surface area (Å²) in [6.07, 6.45) is -0.988. The minimum absolute atomic E-state index is 0.126. The van der Waals surface area contributed by atoms with Crippen LogP contribution in [0.4, 0.5) is 5.69 Å². The molecular weight excluding hydrogens is 428 g/mol. The summed E-state index contributed by atoms with van der Waals surface area (Å²) in [5, 5.41) is 2.84. The zero-order valence-electron chi connectivity index (χ0n) is 17.6. The van der Waals surface area contributed by atoms with Crippen LogP contribution < -0.4 is 19.1 Å². The van der Waals surface area contributed by atoms with E-state index in [4.69, 9.17) is 9.47 Å². The lowest BCUT2D eigenvalue weighted by molar-refractivity contribution is -0.127. The summed E-state index contributed by atoms with van der Waals surface area (Å²) in [5.41, 5.74) is 1.28. The highest BCUT2D eigenvalue weighted by molar-refractivity contribution is 7.92. The first-order chi connectivity index (χ1) is 15.5. The van der Waals surface area contributed by atoms with Gasteiger partial charge >= 0.3 is 0 Å². The Bertz CT molecular complexity index is 1200. The molecule has 0 saturated heterocycles. The second kappa shape index (κ2) is 9.32. The molecule has 0 saturated carbocycles. The number of para-hydroxylation sites is 2. The number of carbonyl (C=O) groups excluding carboxylic acids is 1. The molecule has 0 spiro atoms. The van der Waals surface area contributed by atoms with E-state index in [-0.39, 0.29) is 18.0 Å². The van der Waals surface area contributed by atoms with Gasteiger partial charge in [0.2, 0.25) is 0 Å². The predicted octanol–water partition coefficient (Wildman–Crippen LogP) is 3.36. The van der Waals surface area contributed by atoms with Crippen molar-refractivity contribution in [2.75, 3.05) is 17.5 Å². The maximum atomic E-state index is 13.3. The quantitative estimate of drug-likeness (QED) is 0.594. The van der Waals surface area contributed by atoms with Gasteiger partial charge in [-0.3, -0.25) is 9.10 Å². The standard InChI is InChI=1S/C24H24N2O5S/c1-2-30-19-10-8-9-18(15-19)16-25-24(27)23-17-26(21-13-6-7-14-22(21)31-23)32(28,29)20-11-4-3-5-12-20/h3-15,23H,2,16-17H2,1H3,(H,25,27)/t23-/m0/s1. The van der Waals surface area contributed by atoms with Crippen LogP contribution in [-0.4, -0.2) is 33.6 Å². The molecule has 1 aliphatic heterocycles. The summed E-state index contributed by atoms with van der Waals surface area (Å²) >= 11 is 0. The number of hydrogen-bond donors (Lipinski definition) is 1. The number of nitrogens with zero attached hydrogens (tertiary/aromatic N) is 1. The molecule has 0 fully saturated rings. The lowest BCUT2D eigenvalue weighted by Gasteiger charge is -2.34. The molecule has 4 rings (SSSR count). The molecule has 0 unspecified atom stereocenters. The average molecular weight is 453 g/mol. The van der Waals surface area contributed by atoms with Gasteiger partial charge in [0.1, 0.15) is 11.5 Å². The van der Waals surface area contributed by atoms with E-state index >= 15 is 0 Å². The van der Waals surface area contributed by atoms with Crippen LogP contribution in [0.15, 0.2) is 83.8 Å². The zero-order chi connectivity index (χ0) is 22.6. The van der Waals surface area contributed by atoms with Crippen molar-refractivity contribution in [3.8, 4) is 11.5 Å². The number of fused-ring (bicyclic) bond motifs is 1. The van der Waals surface area contributed by atoms with E-state index in [1.54, 1.807) is 42.5 Å². The number of ether oxygens (including phenoxy) is 2. The maximum Gasteiger partial charge on any atom is 0.264 e. The van der Waals surface area contributed by atoms with Crippen molar-refractivity contribution in [2.24, 2.45) is 0 Å². The van der Waals surface area contributed by atoms with Crippen molar-refractivity contribution in [3.05, 3.63) is 84.4 Å². The summed E-state index contributed by atoms with van der Waals surface area (Å²) in [6.45, 7) is 2.60. The molecule has 3 aromatic rings. The second-order valence-corrected chi connectivity index (χ2v) is 9.08. The van der Waals surface area contributed by atoms with Crippen LogP contribution in [0.5, 0.6) is 11.5 Å². The smallest absolute Gasteiger partial charge is 0.264 e. The third kappa shape index (κ3) is 4.55. The number of hydrogen-bond acceptors (Lipinski definition) is 5. The van der Waals surface area contributed by atoms with Crippen LogP contribution in [0.3, 0.4) is 0 Å². The number of anilines is 1. The van der Waals surface area contributed by atoms with E-state index in [2.05, 4.69) is 5.32 Å². The largest absolute Gasteiger partial charge is 0.494 e. The summed E-state index contributed by atoms with van der Waals surface area (Å²) in [6, 6.07) is 22.4. The van der Waals surface area contributed by atoms with Crippen LogP contribution in [0.1, 0.15) is 12.5 Å². The molecule has 8 heteroatoms. The Balaban J connectivity index is 1.54. The molecule has 3 aromatic carbocycles. The van der Waals surface area contributed by atoms with Crippen molar-refractivity contribution < 1.29 is 22.7 Å². The van der Waals surface area contributed by atoms with Gasteiger partial charge in [-0.05, 0) is 48.9 Å². The molecule has 1 heterocycles. The lowest BCUT2D eigenvalue weighted by Crippen LogP contribution is -2.50. The highest BCUT2D eigenvalue weighted by Crippen LogP contribution is 2.36. The van der Waals surface area contributed by atoms with Gasteiger partial charge in [-0.1, -0.05) is 42.5 Å². The Morgan fingerprint density at radius 3 is 2.59 bits per heavy atom. The maximum absolute atomic E-state index is 13.3. The molecule has 0 bridgehead atoms. The Kier molecular flexibility index (Phi) is 6.32. The summed E-state index contributed by atoms with van der Waals surface area (Å²) in [5.74, 6) is 0.675. The molecule has 0 radical (unpaired) electrons. The number of benzene rings is 3. The van der Waals surface area contributed by atoms with Gasteiger partial charge in [0.15, 0.2) is 6.10 Å². The van der Waals surface area contributed by atoms with Gasteiger partial charge in [-0.15, -0.1) is 0 Å². The van der Waals surface area contributed by atoms with Crippen LogP contribution >= 0.6 is 0 Å². The number of amides is 1. The minimum atomic E-state index is -3.86. The second-order valence-electron chi connectivity index (χ2n) is 7.22. The van der Waals surface area contributed by atoms with Gasteiger partial charge in [-0.2, -0.15) is 0 Å². The minimum Gasteiger partial charge on any atom is -0.494 e. The fourth-order valence-electron chi connectivity index (χ4n) is 3.50.